The van der Waals surface area contributed by atoms with Crippen LogP contribution in [-0.2, 0) is 0 Å². The van der Waals surface area contributed by atoms with Gasteiger partial charge in [-0.15, -0.1) is 0 Å². The Bertz CT molecular complexity index is 8.00. The largest absolute Gasteiger partial charge is 0.0776 e. The summed E-state index contributed by atoms with van der Waals surface area (Å²) < 4.78 is 0. The lowest BCUT2D eigenvalue weighted by atomic mass is 10.0. The van der Waals surface area contributed by atoms with Crippen molar-refractivity contribution in [2.75, 3.05) is 0 Å². The average Bonchev–Trinajstić information content (AvgIpc) is 2.14. The third kappa shape index (κ3) is 148. The summed E-state index contributed by atoms with van der Waals surface area (Å²) in [6, 6.07) is 0. The van der Waals surface area contributed by atoms with Crippen molar-refractivity contribution in [1.82, 2.24) is 0 Å². The highest BCUT2D eigenvalue weighted by Gasteiger charge is 1.95. The van der Waals surface area contributed by atoms with Crippen molar-refractivity contribution in [2.24, 2.45) is 0 Å². The van der Waals surface area contributed by atoms with E-state index in [-0.39, 0.29) is 29.7 Å². The maximum Gasteiger partial charge on any atom is -0.0533 e. The maximum absolute atomic E-state index is 2.00. The minimum Gasteiger partial charge on any atom is -0.0776 e. The number of hydrogen-bond donors (Lipinski definition) is 0. The van der Waals surface area contributed by atoms with Crippen LogP contribution >= 0.6 is 0 Å². The van der Waals surface area contributed by atoms with Crippen molar-refractivity contribution >= 4 is 0 Å². The number of hydrogen-bond acceptors (Lipinski definition) is 0. The summed E-state index contributed by atoms with van der Waals surface area (Å²) >= 11 is 0. The molecule has 0 aromatic carbocycles. The maximum atomic E-state index is 2.00. The van der Waals surface area contributed by atoms with E-state index in [0.717, 1.165) is 0 Å². The molecule has 0 spiro atoms. The second kappa shape index (κ2) is 184. The van der Waals surface area contributed by atoms with Gasteiger partial charge in [0.1, 0.15) is 0 Å². The molecule has 0 atom stereocenters. The molecule has 0 N–H and O–H groups in total. The van der Waals surface area contributed by atoms with E-state index in [4.69, 9.17) is 0 Å². The van der Waals surface area contributed by atoms with Gasteiger partial charge in [-0.3, -0.25) is 0 Å². The summed E-state index contributed by atoms with van der Waals surface area (Å²) in [6.07, 6.45) is 6.00. The van der Waals surface area contributed by atoms with Gasteiger partial charge in [-0.25, -0.2) is 0 Å². The molecule has 0 aromatic rings. The van der Waals surface area contributed by atoms with Crippen LogP contribution in [0.25, 0.3) is 0 Å². The smallest absolute Gasteiger partial charge is 0.0533 e. The van der Waals surface area contributed by atoms with Crippen LogP contribution in [0, 0.1) is 0 Å². The first-order chi connectivity index (χ1) is 6.00. The van der Waals surface area contributed by atoms with Crippen LogP contribution in [0.5, 0.6) is 0 Å². The molecular formula is C16H48. The molecular weight excluding hydrogens is 192 g/mol. The molecule has 1 aliphatic rings. The van der Waals surface area contributed by atoms with Gasteiger partial charge in [0.2, 0.25) is 0 Å². The molecule has 0 amide bonds. The summed E-state index contributed by atoms with van der Waals surface area (Å²) in [4.78, 5) is 0. The lowest BCUT2D eigenvalue weighted by Crippen LogP contribution is -1.85. The molecule has 0 saturated heterocycles. The van der Waals surface area contributed by atoms with Crippen LogP contribution < -0.4 is 0 Å². The SMILES string of the molecule is C.C.C.C.C1CCC1.CC.CC.CC.CC. The van der Waals surface area contributed by atoms with Gasteiger partial charge in [0.05, 0.1) is 0 Å². The molecule has 1 saturated carbocycles. The third-order valence-corrected chi connectivity index (χ3v) is 1.000. The standard InChI is InChI=1S/C4H8.4C2H6.4CH4/c1-2-4-3-1;4*1-2;;;;/h1-4H2;4*1-2H3;4*1H4. The quantitative estimate of drug-likeness (QED) is 0.400. The van der Waals surface area contributed by atoms with Gasteiger partial charge in [-0.05, 0) is 0 Å². The van der Waals surface area contributed by atoms with E-state index in [9.17, 15) is 0 Å². The molecule has 0 aliphatic heterocycles. The summed E-state index contributed by atoms with van der Waals surface area (Å²) in [5.74, 6) is 0. The normalized spacial score (nSPS) is 7.50. The van der Waals surface area contributed by atoms with Crippen molar-refractivity contribution < 1.29 is 0 Å². The zero-order valence-corrected chi connectivity index (χ0v) is 10.8. The first kappa shape index (κ1) is 56.2. The van der Waals surface area contributed by atoms with Crippen molar-refractivity contribution in [1.29, 1.82) is 0 Å². The molecule has 0 aromatic heterocycles. The second-order valence-corrected chi connectivity index (χ2v) is 1.41. The lowest BCUT2D eigenvalue weighted by molar-refractivity contribution is 0.504. The molecule has 112 valence electrons. The molecule has 1 aliphatic carbocycles. The fraction of sp³-hybridized carbons (Fsp3) is 1.00. The van der Waals surface area contributed by atoms with Gasteiger partial charge in [-0.1, -0.05) is 111 Å². The Morgan fingerprint density at radius 2 is 0.375 bits per heavy atom. The fourth-order valence-corrected chi connectivity index (χ4v) is 0.250. The van der Waals surface area contributed by atoms with Gasteiger partial charge in [0.15, 0.2) is 0 Å². The summed E-state index contributed by atoms with van der Waals surface area (Å²) in [5, 5.41) is 0. The van der Waals surface area contributed by atoms with Gasteiger partial charge in [-0.2, -0.15) is 0 Å². The van der Waals surface area contributed by atoms with Gasteiger partial charge in [0, 0.05) is 0 Å². The van der Waals surface area contributed by atoms with Crippen LogP contribution in [0.2, 0.25) is 0 Å². The second-order valence-electron chi connectivity index (χ2n) is 1.41. The van der Waals surface area contributed by atoms with E-state index in [0.29, 0.717) is 0 Å². The highest BCUT2D eigenvalue weighted by atomic mass is 14.0. The molecule has 16 heavy (non-hydrogen) atoms. The highest BCUT2D eigenvalue weighted by molar-refractivity contribution is 4.50. The minimum absolute atomic E-state index is 0. The van der Waals surface area contributed by atoms with E-state index >= 15 is 0 Å². The van der Waals surface area contributed by atoms with Crippen LogP contribution in [-0.4, -0.2) is 0 Å². The zero-order chi connectivity index (χ0) is 10.8. The Hall–Kier alpha value is 0. The van der Waals surface area contributed by atoms with E-state index in [1.54, 1.807) is 0 Å². The molecule has 0 nitrogen and oxygen atoms in total. The summed E-state index contributed by atoms with van der Waals surface area (Å²) in [5.41, 5.74) is 0. The fourth-order valence-electron chi connectivity index (χ4n) is 0.250. The van der Waals surface area contributed by atoms with Gasteiger partial charge >= 0.3 is 0 Å². The molecule has 0 unspecified atom stereocenters. The summed E-state index contributed by atoms with van der Waals surface area (Å²) in [6.45, 7) is 16.0. The van der Waals surface area contributed by atoms with E-state index in [1.807, 2.05) is 55.4 Å². The predicted molar refractivity (Wildman–Crippen MR) is 90.8 cm³/mol. The van der Waals surface area contributed by atoms with E-state index < -0.39 is 0 Å². The Balaban J connectivity index is -0.00000000825. The van der Waals surface area contributed by atoms with Crippen molar-refractivity contribution in [3.8, 4) is 0 Å². The summed E-state index contributed by atoms with van der Waals surface area (Å²) in [7, 11) is 0. The average molecular weight is 241 g/mol. The Kier molecular flexibility index (Phi) is 646. The van der Waals surface area contributed by atoms with Crippen molar-refractivity contribution in [3.05, 3.63) is 0 Å². The molecule has 0 bridgehead atoms. The zero-order valence-electron chi connectivity index (χ0n) is 10.8. The van der Waals surface area contributed by atoms with E-state index in [1.165, 1.54) is 25.7 Å². The van der Waals surface area contributed by atoms with Gasteiger partial charge < -0.3 is 0 Å². The monoisotopic (exact) mass is 240 g/mol. The molecule has 1 rings (SSSR count). The van der Waals surface area contributed by atoms with Crippen LogP contribution in [0.15, 0.2) is 0 Å². The first-order valence-corrected chi connectivity index (χ1v) is 6.00. The highest BCUT2D eigenvalue weighted by Crippen LogP contribution is 2.15. The lowest BCUT2D eigenvalue weighted by Gasteiger charge is -2.05. The van der Waals surface area contributed by atoms with Gasteiger partial charge in [0.25, 0.3) is 0 Å². The molecule has 0 radical (unpaired) electrons. The van der Waals surface area contributed by atoms with E-state index in [2.05, 4.69) is 0 Å². The Morgan fingerprint density at radius 1 is 0.312 bits per heavy atom. The van der Waals surface area contributed by atoms with Crippen LogP contribution in [0.1, 0.15) is 111 Å². The van der Waals surface area contributed by atoms with Crippen LogP contribution in [0.3, 0.4) is 0 Å². The van der Waals surface area contributed by atoms with Crippen molar-refractivity contribution in [3.63, 3.8) is 0 Å². The van der Waals surface area contributed by atoms with Crippen molar-refractivity contribution in [2.45, 2.75) is 111 Å². The molecule has 0 heteroatoms. The predicted octanol–water partition coefficient (Wildman–Crippen LogP) is 8.21. The minimum atomic E-state index is 0. The Labute approximate surface area is 111 Å². The Morgan fingerprint density at radius 3 is 0.375 bits per heavy atom. The number of rotatable bonds is 0. The van der Waals surface area contributed by atoms with Crippen LogP contribution in [0.4, 0.5) is 0 Å². The molecule has 1 fully saturated rings. The topological polar surface area (TPSA) is 0 Å². The molecule has 0 heterocycles. The first-order valence-electron chi connectivity index (χ1n) is 6.00. The third-order valence-electron chi connectivity index (χ3n) is 1.000.